The number of rotatable bonds is 1. The van der Waals surface area contributed by atoms with Crippen LogP contribution in [0.3, 0.4) is 0 Å². The predicted molar refractivity (Wildman–Crippen MR) is 46.8 cm³/mol. The van der Waals surface area contributed by atoms with E-state index in [1.165, 1.54) is 11.5 Å². The fraction of sp³-hybridized carbons (Fsp3) is 0.143. The van der Waals surface area contributed by atoms with Crippen LogP contribution in [-0.4, -0.2) is 16.5 Å². The van der Waals surface area contributed by atoms with Gasteiger partial charge in [0.2, 0.25) is 5.88 Å². The number of hydrogen-bond acceptors (Lipinski definition) is 4. The van der Waals surface area contributed by atoms with Gasteiger partial charge < -0.3 is 4.74 Å². The van der Waals surface area contributed by atoms with Crippen molar-refractivity contribution in [1.29, 1.82) is 0 Å². The van der Waals surface area contributed by atoms with Crippen molar-refractivity contribution in [1.82, 2.24) is 9.36 Å². The fourth-order valence-corrected chi connectivity index (χ4v) is 1.64. The third-order valence-corrected chi connectivity index (χ3v) is 2.32. The highest BCUT2D eigenvalue weighted by atomic mass is 32.1. The van der Waals surface area contributed by atoms with E-state index in [9.17, 15) is 4.79 Å². The summed E-state index contributed by atoms with van der Waals surface area (Å²) in [6, 6.07) is 3.38. The highest BCUT2D eigenvalue weighted by Gasteiger charge is 2.02. The van der Waals surface area contributed by atoms with Crippen molar-refractivity contribution in [3.63, 3.8) is 0 Å². The number of aromatic amines is 1. The Bertz CT molecular complexity index is 460. The maximum atomic E-state index is 11.1. The summed E-state index contributed by atoms with van der Waals surface area (Å²) in [6.07, 6.45) is 0. The standard InChI is InChI=1S/C7H6N2O2S/c1-11-5-3-2-4-6(10)9-12-7(4)8-5/h2-3H,1H3,(H,9,10). The van der Waals surface area contributed by atoms with E-state index in [0.29, 0.717) is 16.1 Å². The summed E-state index contributed by atoms with van der Waals surface area (Å²) < 4.78 is 7.51. The van der Waals surface area contributed by atoms with Gasteiger partial charge in [0, 0.05) is 6.07 Å². The lowest BCUT2D eigenvalue weighted by Crippen LogP contribution is -1.96. The maximum absolute atomic E-state index is 11.1. The molecule has 2 rings (SSSR count). The molecule has 1 N–H and O–H groups in total. The van der Waals surface area contributed by atoms with Crippen molar-refractivity contribution in [3.8, 4) is 5.88 Å². The molecule has 0 saturated heterocycles. The molecule has 0 amide bonds. The van der Waals surface area contributed by atoms with Gasteiger partial charge in [-0.05, 0) is 17.6 Å². The van der Waals surface area contributed by atoms with E-state index < -0.39 is 0 Å². The van der Waals surface area contributed by atoms with Gasteiger partial charge in [-0.25, -0.2) is 4.98 Å². The summed E-state index contributed by atoms with van der Waals surface area (Å²) in [5.41, 5.74) is -0.0925. The van der Waals surface area contributed by atoms with Crippen molar-refractivity contribution in [2.75, 3.05) is 7.11 Å². The van der Waals surface area contributed by atoms with Crippen molar-refractivity contribution in [2.24, 2.45) is 0 Å². The topological polar surface area (TPSA) is 55.0 Å². The van der Waals surface area contributed by atoms with Crippen molar-refractivity contribution in [3.05, 3.63) is 22.5 Å². The molecule has 0 aliphatic rings. The fourth-order valence-electron chi connectivity index (χ4n) is 0.937. The molecule has 0 atom stereocenters. The van der Waals surface area contributed by atoms with Crippen LogP contribution < -0.4 is 10.3 Å². The summed E-state index contributed by atoms with van der Waals surface area (Å²) in [4.78, 5) is 15.8. The van der Waals surface area contributed by atoms with Crippen molar-refractivity contribution in [2.45, 2.75) is 0 Å². The van der Waals surface area contributed by atoms with Crippen LogP contribution in [0, 0.1) is 0 Å². The highest BCUT2D eigenvalue weighted by Crippen LogP contribution is 2.15. The number of pyridine rings is 1. The van der Waals surface area contributed by atoms with Gasteiger partial charge in [0.05, 0.1) is 12.5 Å². The molecule has 2 aromatic rings. The molecule has 2 heterocycles. The summed E-state index contributed by atoms with van der Waals surface area (Å²) in [5, 5.41) is 0.612. The van der Waals surface area contributed by atoms with Gasteiger partial charge in [-0.1, -0.05) is 0 Å². The summed E-state index contributed by atoms with van der Waals surface area (Å²) in [7, 11) is 1.55. The number of H-pyrrole nitrogens is 1. The van der Waals surface area contributed by atoms with Crippen LogP contribution in [0.25, 0.3) is 10.2 Å². The number of nitrogens with zero attached hydrogens (tertiary/aromatic N) is 1. The molecule has 4 nitrogen and oxygen atoms in total. The predicted octanol–water partition coefficient (Wildman–Crippen LogP) is 0.993. The summed E-state index contributed by atoms with van der Waals surface area (Å²) in [6.45, 7) is 0. The quantitative estimate of drug-likeness (QED) is 0.715. The molecular formula is C7H6N2O2S. The Labute approximate surface area is 72.0 Å². The van der Waals surface area contributed by atoms with E-state index >= 15 is 0 Å². The number of ether oxygens (including phenoxy) is 1. The van der Waals surface area contributed by atoms with Crippen LogP contribution in [0.2, 0.25) is 0 Å². The van der Waals surface area contributed by atoms with Gasteiger partial charge >= 0.3 is 0 Å². The zero-order chi connectivity index (χ0) is 8.55. The first kappa shape index (κ1) is 7.30. The SMILES string of the molecule is COc1ccc2c(=O)[nH]sc2n1. The second-order valence-electron chi connectivity index (χ2n) is 2.24. The van der Waals surface area contributed by atoms with E-state index in [1.54, 1.807) is 19.2 Å². The number of methoxy groups -OCH3 is 1. The third kappa shape index (κ3) is 0.984. The van der Waals surface area contributed by atoms with Gasteiger partial charge in [0.15, 0.2) is 0 Å². The molecular weight excluding hydrogens is 176 g/mol. The smallest absolute Gasteiger partial charge is 0.267 e. The minimum Gasteiger partial charge on any atom is -0.481 e. The molecule has 0 aromatic carbocycles. The Hall–Kier alpha value is -1.36. The van der Waals surface area contributed by atoms with E-state index in [1.807, 2.05) is 0 Å². The molecule has 0 saturated carbocycles. The van der Waals surface area contributed by atoms with Crippen LogP contribution in [0.4, 0.5) is 0 Å². The van der Waals surface area contributed by atoms with Crippen LogP contribution in [0.5, 0.6) is 5.88 Å². The normalized spacial score (nSPS) is 10.4. The zero-order valence-electron chi connectivity index (χ0n) is 6.33. The average Bonchev–Trinajstić information content (AvgIpc) is 2.47. The second-order valence-corrected chi connectivity index (χ2v) is 3.03. The van der Waals surface area contributed by atoms with Gasteiger partial charge in [0.25, 0.3) is 5.56 Å². The minimum absolute atomic E-state index is 0.0925. The van der Waals surface area contributed by atoms with Gasteiger partial charge in [0.1, 0.15) is 4.83 Å². The Kier molecular flexibility index (Phi) is 1.58. The number of hydrogen-bond donors (Lipinski definition) is 1. The monoisotopic (exact) mass is 182 g/mol. The van der Waals surface area contributed by atoms with Crippen molar-refractivity contribution >= 4 is 21.7 Å². The van der Waals surface area contributed by atoms with E-state index in [4.69, 9.17) is 4.74 Å². The number of aromatic nitrogens is 2. The van der Waals surface area contributed by atoms with Crippen LogP contribution in [0.1, 0.15) is 0 Å². The van der Waals surface area contributed by atoms with E-state index in [0.717, 1.165) is 0 Å². The van der Waals surface area contributed by atoms with Gasteiger partial charge in [-0.3, -0.25) is 9.17 Å². The molecule has 0 bridgehead atoms. The van der Waals surface area contributed by atoms with Crippen LogP contribution >= 0.6 is 11.5 Å². The van der Waals surface area contributed by atoms with Crippen molar-refractivity contribution < 1.29 is 4.74 Å². The largest absolute Gasteiger partial charge is 0.481 e. The molecule has 0 spiro atoms. The molecule has 0 aliphatic heterocycles. The molecule has 5 heteroatoms. The minimum atomic E-state index is -0.0925. The first-order chi connectivity index (χ1) is 5.81. The Balaban J connectivity index is 2.77. The molecule has 12 heavy (non-hydrogen) atoms. The first-order valence-electron chi connectivity index (χ1n) is 3.33. The Morgan fingerprint density at radius 2 is 2.42 bits per heavy atom. The maximum Gasteiger partial charge on any atom is 0.267 e. The molecule has 0 unspecified atom stereocenters. The molecule has 0 radical (unpaired) electrons. The lowest BCUT2D eigenvalue weighted by Gasteiger charge is -1.94. The summed E-state index contributed by atoms with van der Waals surface area (Å²) in [5.74, 6) is 0.526. The molecule has 2 aromatic heterocycles. The van der Waals surface area contributed by atoms with Gasteiger partial charge in [-0.2, -0.15) is 0 Å². The Morgan fingerprint density at radius 3 is 3.17 bits per heavy atom. The van der Waals surface area contributed by atoms with Crippen LogP contribution in [-0.2, 0) is 0 Å². The lowest BCUT2D eigenvalue weighted by molar-refractivity contribution is 0.400. The highest BCUT2D eigenvalue weighted by molar-refractivity contribution is 7.12. The van der Waals surface area contributed by atoms with Crippen LogP contribution in [0.15, 0.2) is 16.9 Å². The van der Waals surface area contributed by atoms with E-state index in [-0.39, 0.29) is 5.56 Å². The second kappa shape index (κ2) is 2.60. The van der Waals surface area contributed by atoms with E-state index in [2.05, 4.69) is 9.36 Å². The first-order valence-corrected chi connectivity index (χ1v) is 4.15. The number of nitrogens with one attached hydrogen (secondary N) is 1. The molecule has 0 fully saturated rings. The lowest BCUT2D eigenvalue weighted by atomic mass is 10.4. The number of fused-ring (bicyclic) bond motifs is 1. The summed E-state index contributed by atoms with van der Waals surface area (Å²) >= 11 is 1.21. The van der Waals surface area contributed by atoms with Gasteiger partial charge in [-0.15, -0.1) is 0 Å². The molecule has 62 valence electrons. The third-order valence-electron chi connectivity index (χ3n) is 1.53. The zero-order valence-corrected chi connectivity index (χ0v) is 7.14. The average molecular weight is 182 g/mol. The Morgan fingerprint density at radius 1 is 1.58 bits per heavy atom. The molecule has 0 aliphatic carbocycles.